The first-order chi connectivity index (χ1) is 9.64. The summed E-state index contributed by atoms with van der Waals surface area (Å²) < 4.78 is 40.7. The number of aliphatic hydroxyl groups excluding tert-OH is 1. The Morgan fingerprint density at radius 1 is 1.29 bits per heavy atom. The quantitative estimate of drug-likeness (QED) is 0.903. The molecule has 0 aliphatic heterocycles. The van der Waals surface area contributed by atoms with E-state index in [0.717, 1.165) is 16.7 Å². The molecule has 0 spiro atoms. The molecule has 21 heavy (non-hydrogen) atoms. The molecule has 1 atom stereocenters. The summed E-state index contributed by atoms with van der Waals surface area (Å²) >= 11 is 0. The molecule has 0 saturated carbocycles. The molecule has 0 aliphatic rings. The maximum atomic E-state index is 13.0. The molecule has 1 unspecified atom stereocenters. The lowest BCUT2D eigenvalue weighted by molar-refractivity contribution is -0.136. The molecule has 1 aromatic heterocycles. The Bertz CT molecular complexity index is 803. The van der Waals surface area contributed by atoms with Crippen LogP contribution in [0.1, 0.15) is 12.5 Å². The topological polar surface area (TPSA) is 64.2 Å². The fourth-order valence-electron chi connectivity index (χ4n) is 2.21. The van der Waals surface area contributed by atoms with Crippen LogP contribution in [0.2, 0.25) is 0 Å². The Morgan fingerprint density at radius 3 is 2.43 bits per heavy atom. The van der Waals surface area contributed by atoms with Crippen molar-refractivity contribution in [2.45, 2.75) is 25.7 Å². The summed E-state index contributed by atoms with van der Waals surface area (Å²) in [5, 5.41) is 8.74. The van der Waals surface area contributed by atoms with E-state index in [2.05, 4.69) is 0 Å². The van der Waals surface area contributed by atoms with Gasteiger partial charge in [0.25, 0.3) is 5.56 Å². The highest BCUT2D eigenvalue weighted by Crippen LogP contribution is 2.32. The highest BCUT2D eigenvalue weighted by atomic mass is 19.4. The minimum atomic E-state index is -4.71. The maximum Gasteiger partial charge on any atom is 0.417 e. The van der Waals surface area contributed by atoms with Crippen molar-refractivity contribution in [1.29, 1.82) is 0 Å². The van der Waals surface area contributed by atoms with Crippen LogP contribution in [0.4, 0.5) is 13.2 Å². The number of nitrogens with zero attached hydrogens (tertiary/aromatic N) is 2. The van der Waals surface area contributed by atoms with Crippen molar-refractivity contribution in [2.75, 3.05) is 0 Å². The van der Waals surface area contributed by atoms with Gasteiger partial charge in [0.15, 0.2) is 0 Å². The molecule has 5 nitrogen and oxygen atoms in total. The van der Waals surface area contributed by atoms with Gasteiger partial charge in [0.1, 0.15) is 0 Å². The number of rotatable bonds is 2. The fraction of sp³-hybridized carbons (Fsp3) is 0.385. The summed E-state index contributed by atoms with van der Waals surface area (Å²) in [6.07, 6.45) is -5.75. The first-order valence-corrected chi connectivity index (χ1v) is 6.12. The van der Waals surface area contributed by atoms with Crippen LogP contribution in [0.3, 0.4) is 0 Å². The Kier molecular flexibility index (Phi) is 3.66. The van der Waals surface area contributed by atoms with E-state index in [1.54, 1.807) is 0 Å². The van der Waals surface area contributed by atoms with Crippen LogP contribution in [-0.2, 0) is 19.8 Å². The number of alkyl halides is 3. The first kappa shape index (κ1) is 15.3. The van der Waals surface area contributed by atoms with Crippen molar-refractivity contribution >= 4 is 10.9 Å². The third-order valence-corrected chi connectivity index (χ3v) is 3.13. The molecule has 1 heterocycles. The van der Waals surface area contributed by atoms with E-state index in [4.69, 9.17) is 0 Å². The minimum absolute atomic E-state index is 0.0957. The van der Waals surface area contributed by atoms with Gasteiger partial charge in [-0.25, -0.2) is 4.79 Å². The summed E-state index contributed by atoms with van der Waals surface area (Å²) in [7, 11) is 1.28. The van der Waals surface area contributed by atoms with E-state index in [9.17, 15) is 27.9 Å². The number of fused-ring (bicyclic) bond motifs is 1. The lowest BCUT2D eigenvalue weighted by Gasteiger charge is -2.15. The van der Waals surface area contributed by atoms with Crippen LogP contribution in [0, 0.1) is 0 Å². The molecule has 0 radical (unpaired) electrons. The van der Waals surface area contributed by atoms with Crippen LogP contribution >= 0.6 is 0 Å². The average Bonchev–Trinajstić information content (AvgIpc) is 2.39. The second-order valence-electron chi connectivity index (χ2n) is 4.80. The van der Waals surface area contributed by atoms with Crippen LogP contribution < -0.4 is 11.2 Å². The smallest absolute Gasteiger partial charge is 0.392 e. The zero-order valence-electron chi connectivity index (χ0n) is 11.3. The molecule has 2 rings (SSSR count). The second kappa shape index (κ2) is 5.03. The molecule has 2 aromatic rings. The highest BCUT2D eigenvalue weighted by molar-refractivity contribution is 5.82. The molecule has 0 bridgehead atoms. The number of aliphatic hydroxyl groups is 1. The summed E-state index contributed by atoms with van der Waals surface area (Å²) in [5.41, 5.74) is -3.02. The predicted molar refractivity (Wildman–Crippen MR) is 70.1 cm³/mol. The molecular formula is C13H13F3N2O3. The lowest BCUT2D eigenvalue weighted by Crippen LogP contribution is -2.41. The van der Waals surface area contributed by atoms with E-state index < -0.39 is 34.5 Å². The lowest BCUT2D eigenvalue weighted by atomic mass is 10.1. The van der Waals surface area contributed by atoms with Gasteiger partial charge >= 0.3 is 11.9 Å². The Balaban J connectivity index is 2.99. The standard InChI is InChI=1S/C13H13F3N2O3/c1-7(19)6-18-11(20)10-8(13(14,15)16)4-3-5-9(10)17(2)12(18)21/h3-5,7,19H,6H2,1-2H3. The zero-order valence-corrected chi connectivity index (χ0v) is 11.3. The molecule has 114 valence electrons. The monoisotopic (exact) mass is 302 g/mol. The molecule has 1 aromatic carbocycles. The van der Waals surface area contributed by atoms with Gasteiger partial charge in [-0.1, -0.05) is 6.07 Å². The van der Waals surface area contributed by atoms with Gasteiger partial charge in [-0.3, -0.25) is 13.9 Å². The van der Waals surface area contributed by atoms with Crippen LogP contribution in [0.15, 0.2) is 27.8 Å². The fourth-order valence-corrected chi connectivity index (χ4v) is 2.21. The van der Waals surface area contributed by atoms with Gasteiger partial charge in [-0.2, -0.15) is 13.2 Å². The van der Waals surface area contributed by atoms with Gasteiger partial charge in [0, 0.05) is 7.05 Å². The second-order valence-corrected chi connectivity index (χ2v) is 4.80. The molecule has 1 N–H and O–H groups in total. The number of hydrogen-bond acceptors (Lipinski definition) is 3. The van der Waals surface area contributed by atoms with Gasteiger partial charge in [0.05, 0.1) is 29.1 Å². The largest absolute Gasteiger partial charge is 0.417 e. The third-order valence-electron chi connectivity index (χ3n) is 3.13. The van der Waals surface area contributed by atoms with Crippen molar-refractivity contribution in [3.8, 4) is 0 Å². The van der Waals surface area contributed by atoms with E-state index in [0.29, 0.717) is 4.57 Å². The van der Waals surface area contributed by atoms with Gasteiger partial charge < -0.3 is 5.11 Å². The molecule has 0 aliphatic carbocycles. The van der Waals surface area contributed by atoms with E-state index in [1.807, 2.05) is 0 Å². The van der Waals surface area contributed by atoms with Gasteiger partial charge in [-0.15, -0.1) is 0 Å². The zero-order chi connectivity index (χ0) is 15.9. The number of benzene rings is 1. The predicted octanol–water partition coefficient (Wildman–Crippen LogP) is 1.10. The average molecular weight is 302 g/mol. The molecule has 0 amide bonds. The summed E-state index contributed by atoms with van der Waals surface area (Å²) in [4.78, 5) is 24.3. The van der Waals surface area contributed by atoms with Crippen molar-refractivity contribution in [3.05, 3.63) is 44.6 Å². The van der Waals surface area contributed by atoms with Crippen molar-refractivity contribution < 1.29 is 18.3 Å². The van der Waals surface area contributed by atoms with Crippen molar-refractivity contribution in [3.63, 3.8) is 0 Å². The minimum Gasteiger partial charge on any atom is -0.392 e. The third kappa shape index (κ3) is 2.58. The van der Waals surface area contributed by atoms with Crippen molar-refractivity contribution in [1.82, 2.24) is 9.13 Å². The molecule has 8 heteroatoms. The number of hydrogen-bond donors (Lipinski definition) is 1. The molecule has 0 fully saturated rings. The maximum absolute atomic E-state index is 13.0. The number of aromatic nitrogens is 2. The summed E-state index contributed by atoms with van der Waals surface area (Å²) in [6, 6.07) is 3.21. The van der Waals surface area contributed by atoms with E-state index in [-0.39, 0.29) is 12.1 Å². The Hall–Kier alpha value is -2.09. The first-order valence-electron chi connectivity index (χ1n) is 6.12. The Morgan fingerprint density at radius 2 is 1.90 bits per heavy atom. The summed E-state index contributed by atoms with van der Waals surface area (Å²) in [5.74, 6) is 0. The van der Waals surface area contributed by atoms with E-state index in [1.165, 1.54) is 20.0 Å². The van der Waals surface area contributed by atoms with Crippen molar-refractivity contribution in [2.24, 2.45) is 7.05 Å². The van der Waals surface area contributed by atoms with Crippen LogP contribution in [0.25, 0.3) is 10.9 Å². The van der Waals surface area contributed by atoms with Crippen LogP contribution in [-0.4, -0.2) is 20.3 Å². The molecular weight excluding hydrogens is 289 g/mol. The Labute approximate surface area is 116 Å². The van der Waals surface area contributed by atoms with Crippen LogP contribution in [0.5, 0.6) is 0 Å². The van der Waals surface area contributed by atoms with Gasteiger partial charge in [0.2, 0.25) is 0 Å². The molecule has 0 saturated heterocycles. The highest BCUT2D eigenvalue weighted by Gasteiger charge is 2.34. The number of aryl methyl sites for hydroxylation is 1. The SMILES string of the molecule is CC(O)Cn1c(=O)c2c(C(F)(F)F)cccc2n(C)c1=O. The van der Waals surface area contributed by atoms with E-state index >= 15 is 0 Å². The summed E-state index contributed by atoms with van der Waals surface area (Å²) in [6.45, 7) is 0.972. The number of halogens is 3. The normalized spacial score (nSPS) is 13.6. The van der Waals surface area contributed by atoms with Gasteiger partial charge in [-0.05, 0) is 19.1 Å².